The summed E-state index contributed by atoms with van der Waals surface area (Å²) in [5.41, 5.74) is 8.66. The predicted octanol–water partition coefficient (Wildman–Crippen LogP) is 3.45. The monoisotopic (exact) mass is 386 g/mol. The molecule has 0 atom stereocenters. The van der Waals surface area contributed by atoms with Crippen molar-refractivity contribution in [2.75, 3.05) is 11.1 Å². The molecular formula is C20H14N6OS. The number of rotatable bonds is 4. The minimum Gasteiger partial charge on any atom is -0.398 e. The normalized spacial score (nSPS) is 9.96. The number of hydrogen-bond donors (Lipinski definition) is 3. The van der Waals surface area contributed by atoms with Gasteiger partial charge in [0, 0.05) is 23.1 Å². The van der Waals surface area contributed by atoms with Crippen molar-refractivity contribution in [2.24, 2.45) is 0 Å². The number of anilines is 2. The van der Waals surface area contributed by atoms with Gasteiger partial charge < -0.3 is 11.1 Å². The van der Waals surface area contributed by atoms with E-state index in [0.29, 0.717) is 37.8 Å². The third-order valence-corrected chi connectivity index (χ3v) is 4.97. The van der Waals surface area contributed by atoms with E-state index in [1.807, 2.05) is 12.1 Å². The van der Waals surface area contributed by atoms with E-state index in [2.05, 4.69) is 10.3 Å². The molecule has 7 nitrogen and oxygen atoms in total. The molecule has 0 saturated carbocycles. The Morgan fingerprint density at radius 2 is 2.00 bits per heavy atom. The Labute approximate surface area is 165 Å². The molecule has 0 bridgehead atoms. The highest BCUT2D eigenvalue weighted by Crippen LogP contribution is 2.25. The summed E-state index contributed by atoms with van der Waals surface area (Å²) in [7, 11) is 0. The summed E-state index contributed by atoms with van der Waals surface area (Å²) in [5, 5.41) is 29.0. The van der Waals surface area contributed by atoms with Crippen molar-refractivity contribution in [3.05, 3.63) is 74.7 Å². The average Bonchev–Trinajstić information content (AvgIpc) is 3.18. The zero-order valence-electron chi connectivity index (χ0n) is 14.8. The Hall–Kier alpha value is -4.01. The molecule has 0 unspecified atom stereocenters. The number of carbonyl (C=O) groups is 1. The third kappa shape index (κ3) is 3.73. The van der Waals surface area contributed by atoms with Gasteiger partial charge in [0.25, 0.3) is 5.91 Å². The van der Waals surface area contributed by atoms with E-state index in [9.17, 15) is 4.79 Å². The molecule has 1 aromatic carbocycles. The number of benzene rings is 1. The summed E-state index contributed by atoms with van der Waals surface area (Å²) >= 11 is 1.20. The van der Waals surface area contributed by atoms with Gasteiger partial charge in [-0.15, -0.1) is 11.3 Å². The Kier molecular flexibility index (Phi) is 5.16. The van der Waals surface area contributed by atoms with Gasteiger partial charge in [-0.05, 0) is 48.9 Å². The lowest BCUT2D eigenvalue weighted by atomic mass is 10.1. The minimum absolute atomic E-state index is 0.174. The number of amides is 1. The van der Waals surface area contributed by atoms with Gasteiger partial charge >= 0.3 is 0 Å². The van der Waals surface area contributed by atoms with Crippen molar-refractivity contribution in [3.8, 4) is 12.1 Å². The van der Waals surface area contributed by atoms with Crippen molar-refractivity contribution >= 4 is 34.3 Å². The standard InChI is InChI=1S/C20H14N6OS/c1-11-6-12(8-21)10-25-19(11)20(27)26-13-2-4-16(23)15(7-13)18(24)17-5-3-14(9-22)28-17/h2-7,10,24H,23H2,1H3,(H,26,27). The Morgan fingerprint density at radius 3 is 2.64 bits per heavy atom. The zero-order valence-corrected chi connectivity index (χ0v) is 15.6. The molecule has 3 aromatic rings. The van der Waals surface area contributed by atoms with Crippen LogP contribution in [0, 0.1) is 35.0 Å². The highest BCUT2D eigenvalue weighted by atomic mass is 32.1. The van der Waals surface area contributed by atoms with Gasteiger partial charge in [0.15, 0.2) is 0 Å². The fraction of sp³-hybridized carbons (Fsp3) is 0.0500. The maximum atomic E-state index is 12.5. The maximum absolute atomic E-state index is 12.5. The first-order chi connectivity index (χ1) is 13.4. The molecule has 0 spiro atoms. The lowest BCUT2D eigenvalue weighted by molar-refractivity contribution is 0.102. The van der Waals surface area contributed by atoms with Gasteiger partial charge in [-0.3, -0.25) is 10.2 Å². The van der Waals surface area contributed by atoms with Gasteiger partial charge in [0.05, 0.1) is 16.2 Å². The Morgan fingerprint density at radius 1 is 1.21 bits per heavy atom. The van der Waals surface area contributed by atoms with Crippen molar-refractivity contribution < 1.29 is 4.79 Å². The van der Waals surface area contributed by atoms with Crippen LogP contribution in [0.4, 0.5) is 11.4 Å². The fourth-order valence-electron chi connectivity index (χ4n) is 2.58. The smallest absolute Gasteiger partial charge is 0.274 e. The molecule has 8 heteroatoms. The summed E-state index contributed by atoms with van der Waals surface area (Å²) in [6, 6.07) is 13.8. The molecule has 0 aliphatic rings. The van der Waals surface area contributed by atoms with Gasteiger partial charge in [-0.1, -0.05) is 0 Å². The van der Waals surface area contributed by atoms with Crippen molar-refractivity contribution in [3.63, 3.8) is 0 Å². The molecule has 136 valence electrons. The summed E-state index contributed by atoms with van der Waals surface area (Å²) in [6.07, 6.45) is 1.34. The second-order valence-electron chi connectivity index (χ2n) is 5.91. The first-order valence-corrected chi connectivity index (χ1v) is 8.91. The molecule has 1 amide bonds. The van der Waals surface area contributed by atoms with Crippen LogP contribution < -0.4 is 11.1 Å². The number of thiophene rings is 1. The van der Waals surface area contributed by atoms with E-state index in [-0.39, 0.29) is 11.4 Å². The van der Waals surface area contributed by atoms with E-state index in [1.165, 1.54) is 17.5 Å². The number of nitrogens with zero attached hydrogens (tertiary/aromatic N) is 3. The molecule has 0 fully saturated rings. The number of carbonyl (C=O) groups excluding carboxylic acids is 1. The number of nitrogens with two attached hydrogens (primary N) is 1. The quantitative estimate of drug-likeness (QED) is 0.465. The number of nitrogen functional groups attached to an aromatic ring is 1. The summed E-state index contributed by atoms with van der Waals surface area (Å²) in [4.78, 5) is 17.7. The van der Waals surface area contributed by atoms with Crippen LogP contribution in [0.15, 0.2) is 42.6 Å². The van der Waals surface area contributed by atoms with Crippen molar-refractivity contribution in [1.82, 2.24) is 4.98 Å². The van der Waals surface area contributed by atoms with Crippen LogP contribution in [0.2, 0.25) is 0 Å². The Bertz CT molecular complexity index is 1180. The van der Waals surface area contributed by atoms with E-state index in [4.69, 9.17) is 21.7 Å². The van der Waals surface area contributed by atoms with E-state index in [0.717, 1.165) is 0 Å². The fourth-order valence-corrected chi connectivity index (χ4v) is 3.35. The van der Waals surface area contributed by atoms with Gasteiger partial charge in [0.1, 0.15) is 22.7 Å². The molecular weight excluding hydrogens is 372 g/mol. The molecule has 4 N–H and O–H groups in total. The van der Waals surface area contributed by atoms with E-state index < -0.39 is 5.91 Å². The number of aromatic nitrogens is 1. The van der Waals surface area contributed by atoms with Crippen molar-refractivity contribution in [2.45, 2.75) is 6.92 Å². The van der Waals surface area contributed by atoms with Crippen LogP contribution in [0.3, 0.4) is 0 Å². The lowest BCUT2D eigenvalue weighted by Crippen LogP contribution is -2.16. The molecule has 0 radical (unpaired) electrons. The molecule has 2 heterocycles. The number of aryl methyl sites for hydroxylation is 1. The zero-order chi connectivity index (χ0) is 20.3. The maximum Gasteiger partial charge on any atom is 0.274 e. The largest absolute Gasteiger partial charge is 0.398 e. The minimum atomic E-state index is -0.424. The molecule has 0 saturated heterocycles. The summed E-state index contributed by atoms with van der Waals surface area (Å²) < 4.78 is 0. The molecule has 0 aliphatic carbocycles. The van der Waals surface area contributed by atoms with Gasteiger partial charge in [-0.25, -0.2) is 4.98 Å². The van der Waals surface area contributed by atoms with Crippen LogP contribution in [0.1, 0.15) is 36.9 Å². The van der Waals surface area contributed by atoms with Crippen molar-refractivity contribution in [1.29, 1.82) is 15.9 Å². The molecule has 2 aromatic heterocycles. The van der Waals surface area contributed by atoms with Gasteiger partial charge in [-0.2, -0.15) is 10.5 Å². The number of nitriles is 2. The molecule has 28 heavy (non-hydrogen) atoms. The topological polar surface area (TPSA) is 139 Å². The highest BCUT2D eigenvalue weighted by molar-refractivity contribution is 7.14. The third-order valence-electron chi connectivity index (χ3n) is 3.97. The lowest BCUT2D eigenvalue weighted by Gasteiger charge is -2.11. The van der Waals surface area contributed by atoms with Crippen LogP contribution in [-0.2, 0) is 0 Å². The van der Waals surface area contributed by atoms with E-state index >= 15 is 0 Å². The number of hydrogen-bond acceptors (Lipinski definition) is 7. The van der Waals surface area contributed by atoms with E-state index in [1.54, 1.807) is 43.3 Å². The predicted molar refractivity (Wildman–Crippen MR) is 107 cm³/mol. The first kappa shape index (κ1) is 18.8. The second-order valence-corrected chi connectivity index (χ2v) is 6.99. The van der Waals surface area contributed by atoms with Gasteiger partial charge in [0.2, 0.25) is 0 Å². The number of nitrogens with one attached hydrogen (secondary N) is 2. The van der Waals surface area contributed by atoms with Crippen LogP contribution >= 0.6 is 11.3 Å². The summed E-state index contributed by atoms with van der Waals surface area (Å²) in [5.74, 6) is -0.424. The number of pyridine rings is 1. The molecule has 3 rings (SSSR count). The van der Waals surface area contributed by atoms with Crippen LogP contribution in [-0.4, -0.2) is 16.6 Å². The second kappa shape index (κ2) is 7.70. The van der Waals surface area contributed by atoms with Crippen LogP contribution in [0.25, 0.3) is 0 Å². The SMILES string of the molecule is Cc1cc(C#N)cnc1C(=O)Nc1ccc(N)c(C(=N)c2ccc(C#N)s2)c1. The summed E-state index contributed by atoms with van der Waals surface area (Å²) in [6.45, 7) is 1.70. The first-order valence-electron chi connectivity index (χ1n) is 8.09. The highest BCUT2D eigenvalue weighted by Gasteiger charge is 2.15. The van der Waals surface area contributed by atoms with Crippen LogP contribution in [0.5, 0.6) is 0 Å². The average molecular weight is 386 g/mol. The molecule has 0 aliphatic heterocycles. The Balaban J connectivity index is 1.87.